The lowest BCUT2D eigenvalue weighted by atomic mass is 10.2. The molecule has 1 aromatic rings. The Kier molecular flexibility index (Phi) is 4.82. The van der Waals surface area contributed by atoms with Crippen LogP contribution in [0.1, 0.15) is 5.56 Å². The van der Waals surface area contributed by atoms with Gasteiger partial charge < -0.3 is 14.5 Å². The zero-order valence-electron chi connectivity index (χ0n) is 11.4. The molecule has 0 N–H and O–H groups in total. The quantitative estimate of drug-likeness (QED) is 0.850. The van der Waals surface area contributed by atoms with E-state index in [2.05, 4.69) is 27.9 Å². The van der Waals surface area contributed by atoms with Gasteiger partial charge in [0.2, 0.25) is 0 Å². The van der Waals surface area contributed by atoms with Gasteiger partial charge >= 0.3 is 0 Å². The first-order chi connectivity index (χ1) is 9.06. The first-order valence-corrected chi connectivity index (χ1v) is 7.21. The van der Waals surface area contributed by atoms with Crippen LogP contribution in [0.25, 0.3) is 0 Å². The van der Waals surface area contributed by atoms with Crippen molar-refractivity contribution in [2.75, 3.05) is 39.8 Å². The van der Waals surface area contributed by atoms with Gasteiger partial charge in [0, 0.05) is 30.7 Å². The lowest BCUT2D eigenvalue weighted by molar-refractivity contribution is -0.134. The predicted molar refractivity (Wildman–Crippen MR) is 78.5 cm³/mol. The molecule has 5 heteroatoms. The number of hydrogen-bond donors (Lipinski definition) is 0. The molecule has 0 saturated carbocycles. The summed E-state index contributed by atoms with van der Waals surface area (Å²) in [4.78, 5) is 16.1. The van der Waals surface area contributed by atoms with Gasteiger partial charge in [-0.15, -0.1) is 0 Å². The number of aryl methyl sites for hydroxylation is 1. The number of likely N-dealkylation sites (N-methyl/N-ethyl adjacent to an activating group) is 1. The monoisotopic (exact) mass is 326 g/mol. The summed E-state index contributed by atoms with van der Waals surface area (Å²) < 4.78 is 6.60. The molecule has 1 aliphatic rings. The molecule has 4 nitrogen and oxygen atoms in total. The molecule has 1 heterocycles. The van der Waals surface area contributed by atoms with Gasteiger partial charge in [0.15, 0.2) is 6.61 Å². The zero-order chi connectivity index (χ0) is 13.8. The van der Waals surface area contributed by atoms with E-state index in [9.17, 15) is 4.79 Å². The number of carbonyl (C=O) groups excluding carboxylic acids is 1. The highest BCUT2D eigenvalue weighted by Crippen LogP contribution is 2.21. The van der Waals surface area contributed by atoms with Crippen LogP contribution in [-0.4, -0.2) is 55.5 Å². The lowest BCUT2D eigenvalue weighted by Gasteiger charge is -2.32. The van der Waals surface area contributed by atoms with E-state index in [1.165, 1.54) is 0 Å². The van der Waals surface area contributed by atoms with Crippen LogP contribution in [0.3, 0.4) is 0 Å². The summed E-state index contributed by atoms with van der Waals surface area (Å²) in [6, 6.07) is 5.74. The molecule has 0 radical (unpaired) electrons. The molecule has 0 unspecified atom stereocenters. The molecule has 1 fully saturated rings. The maximum absolute atomic E-state index is 12.0. The molecule has 19 heavy (non-hydrogen) atoms. The highest BCUT2D eigenvalue weighted by atomic mass is 79.9. The van der Waals surface area contributed by atoms with Crippen LogP contribution >= 0.6 is 15.9 Å². The number of rotatable bonds is 3. The molecule has 104 valence electrons. The van der Waals surface area contributed by atoms with Crippen molar-refractivity contribution in [3.05, 3.63) is 28.2 Å². The third-order valence-electron chi connectivity index (χ3n) is 3.35. The van der Waals surface area contributed by atoms with Gasteiger partial charge in [0.25, 0.3) is 5.91 Å². The predicted octanol–water partition coefficient (Wildman–Crippen LogP) is 1.91. The first-order valence-electron chi connectivity index (χ1n) is 6.41. The molecule has 0 atom stereocenters. The van der Waals surface area contributed by atoms with E-state index in [-0.39, 0.29) is 12.5 Å². The maximum Gasteiger partial charge on any atom is 0.260 e. The van der Waals surface area contributed by atoms with Crippen LogP contribution in [-0.2, 0) is 4.79 Å². The molecule has 1 aromatic carbocycles. The Morgan fingerprint density at radius 1 is 1.32 bits per heavy atom. The van der Waals surface area contributed by atoms with Crippen LogP contribution in [0, 0.1) is 6.92 Å². The largest absolute Gasteiger partial charge is 0.484 e. The fourth-order valence-electron chi connectivity index (χ4n) is 2.00. The average molecular weight is 327 g/mol. The normalized spacial score (nSPS) is 16.5. The number of amides is 1. The number of halogens is 1. The Bertz CT molecular complexity index is 457. The van der Waals surface area contributed by atoms with E-state index in [0.29, 0.717) is 0 Å². The minimum atomic E-state index is 0.0636. The number of hydrogen-bond acceptors (Lipinski definition) is 3. The number of piperazine rings is 1. The van der Waals surface area contributed by atoms with E-state index < -0.39 is 0 Å². The molecular weight excluding hydrogens is 308 g/mol. The second-order valence-electron chi connectivity index (χ2n) is 4.88. The van der Waals surface area contributed by atoms with Crippen molar-refractivity contribution in [1.82, 2.24) is 9.80 Å². The molecular formula is C14H19BrN2O2. The zero-order valence-corrected chi connectivity index (χ0v) is 12.9. The van der Waals surface area contributed by atoms with E-state index in [4.69, 9.17) is 4.74 Å². The number of benzene rings is 1. The van der Waals surface area contributed by atoms with Gasteiger partial charge in [-0.1, -0.05) is 15.9 Å². The van der Waals surface area contributed by atoms with Crippen molar-refractivity contribution in [2.45, 2.75) is 6.92 Å². The van der Waals surface area contributed by atoms with Crippen LogP contribution in [0.2, 0.25) is 0 Å². The van der Waals surface area contributed by atoms with Gasteiger partial charge in [0.1, 0.15) is 5.75 Å². The van der Waals surface area contributed by atoms with Crippen molar-refractivity contribution in [3.63, 3.8) is 0 Å². The molecule has 1 saturated heterocycles. The molecule has 0 bridgehead atoms. The van der Waals surface area contributed by atoms with Gasteiger partial charge in [-0.2, -0.15) is 0 Å². The number of nitrogens with zero attached hydrogens (tertiary/aromatic N) is 2. The van der Waals surface area contributed by atoms with Gasteiger partial charge in [-0.05, 0) is 37.7 Å². The molecule has 1 aliphatic heterocycles. The summed E-state index contributed by atoms with van der Waals surface area (Å²) in [5, 5.41) is 0. The standard InChI is InChI=1S/C14H19BrN2O2/c1-11-9-12(3-4-13(11)15)19-10-14(18)17-7-5-16(2)6-8-17/h3-4,9H,5-8,10H2,1-2H3. The molecule has 0 aromatic heterocycles. The fraction of sp³-hybridized carbons (Fsp3) is 0.500. The van der Waals surface area contributed by atoms with Crippen LogP contribution in [0.4, 0.5) is 0 Å². The SMILES string of the molecule is Cc1cc(OCC(=O)N2CCN(C)CC2)ccc1Br. The Hall–Kier alpha value is -1.07. The maximum atomic E-state index is 12.0. The summed E-state index contributed by atoms with van der Waals surface area (Å²) in [6.45, 7) is 5.56. The van der Waals surface area contributed by atoms with E-state index >= 15 is 0 Å². The third kappa shape index (κ3) is 3.94. The van der Waals surface area contributed by atoms with Crippen molar-refractivity contribution >= 4 is 21.8 Å². The Morgan fingerprint density at radius 2 is 2.00 bits per heavy atom. The minimum absolute atomic E-state index is 0.0636. The average Bonchev–Trinajstić information content (AvgIpc) is 2.40. The molecule has 2 rings (SSSR count). The Morgan fingerprint density at radius 3 is 2.63 bits per heavy atom. The summed E-state index contributed by atoms with van der Waals surface area (Å²) in [7, 11) is 2.07. The smallest absolute Gasteiger partial charge is 0.260 e. The van der Waals surface area contributed by atoms with Gasteiger partial charge in [-0.3, -0.25) is 4.79 Å². The highest BCUT2D eigenvalue weighted by Gasteiger charge is 2.19. The van der Waals surface area contributed by atoms with Crippen molar-refractivity contribution < 1.29 is 9.53 Å². The molecule has 0 aliphatic carbocycles. The summed E-state index contributed by atoms with van der Waals surface area (Å²) in [5.74, 6) is 0.803. The number of ether oxygens (including phenoxy) is 1. The van der Waals surface area contributed by atoms with Crippen LogP contribution < -0.4 is 4.74 Å². The lowest BCUT2D eigenvalue weighted by Crippen LogP contribution is -2.48. The fourth-order valence-corrected chi connectivity index (χ4v) is 2.25. The summed E-state index contributed by atoms with van der Waals surface area (Å²) in [6.07, 6.45) is 0. The van der Waals surface area contributed by atoms with E-state index in [0.717, 1.165) is 42.0 Å². The van der Waals surface area contributed by atoms with Crippen molar-refractivity contribution in [2.24, 2.45) is 0 Å². The van der Waals surface area contributed by atoms with Crippen molar-refractivity contribution in [1.29, 1.82) is 0 Å². The second kappa shape index (κ2) is 6.39. The first kappa shape index (κ1) is 14.3. The third-order valence-corrected chi connectivity index (χ3v) is 4.24. The van der Waals surface area contributed by atoms with Gasteiger partial charge in [-0.25, -0.2) is 0 Å². The van der Waals surface area contributed by atoms with Crippen LogP contribution in [0.5, 0.6) is 5.75 Å². The van der Waals surface area contributed by atoms with Crippen molar-refractivity contribution in [3.8, 4) is 5.75 Å². The minimum Gasteiger partial charge on any atom is -0.484 e. The topological polar surface area (TPSA) is 32.8 Å². The Balaban J connectivity index is 1.84. The number of carbonyl (C=O) groups is 1. The molecule has 0 spiro atoms. The summed E-state index contributed by atoms with van der Waals surface area (Å²) >= 11 is 3.44. The van der Waals surface area contributed by atoms with E-state index in [1.807, 2.05) is 30.0 Å². The van der Waals surface area contributed by atoms with Crippen LogP contribution in [0.15, 0.2) is 22.7 Å². The second-order valence-corrected chi connectivity index (χ2v) is 5.74. The van der Waals surface area contributed by atoms with Gasteiger partial charge in [0.05, 0.1) is 0 Å². The Labute approximate surface area is 122 Å². The molecule has 1 amide bonds. The van der Waals surface area contributed by atoms with E-state index in [1.54, 1.807) is 0 Å². The highest BCUT2D eigenvalue weighted by molar-refractivity contribution is 9.10. The summed E-state index contributed by atoms with van der Waals surface area (Å²) in [5.41, 5.74) is 1.10.